The molecule has 2 bridgehead atoms. The molecule has 17 heavy (non-hydrogen) atoms. The summed E-state index contributed by atoms with van der Waals surface area (Å²) in [5, 5.41) is 3.48. The Hall–Kier alpha value is -0.0800. The predicted octanol–water partition coefficient (Wildman–Crippen LogP) is 2.89. The predicted molar refractivity (Wildman–Crippen MR) is 74.2 cm³/mol. The minimum atomic E-state index is 0.336. The van der Waals surface area contributed by atoms with Gasteiger partial charge in [0.2, 0.25) is 0 Å². The van der Waals surface area contributed by atoms with Crippen molar-refractivity contribution >= 4 is 0 Å². The van der Waals surface area contributed by atoms with Gasteiger partial charge < -0.3 is 5.32 Å². The Labute approximate surface area is 107 Å². The highest BCUT2D eigenvalue weighted by Crippen LogP contribution is 2.38. The summed E-state index contributed by atoms with van der Waals surface area (Å²) in [6.07, 6.45) is 7.17. The minimum Gasteiger partial charge on any atom is -0.315 e. The number of nitrogens with zero attached hydrogens (tertiary/aromatic N) is 1. The van der Waals surface area contributed by atoms with Gasteiger partial charge in [0.25, 0.3) is 0 Å². The van der Waals surface area contributed by atoms with Crippen LogP contribution in [0.5, 0.6) is 0 Å². The number of hydrogen-bond donors (Lipinski definition) is 1. The van der Waals surface area contributed by atoms with E-state index >= 15 is 0 Å². The van der Waals surface area contributed by atoms with E-state index < -0.39 is 0 Å². The van der Waals surface area contributed by atoms with Crippen molar-refractivity contribution in [3.8, 4) is 0 Å². The van der Waals surface area contributed by atoms with Crippen LogP contribution in [-0.4, -0.2) is 36.6 Å². The molecule has 0 radical (unpaired) electrons. The van der Waals surface area contributed by atoms with Gasteiger partial charge >= 0.3 is 0 Å². The molecule has 2 heteroatoms. The molecule has 0 aromatic heterocycles. The molecular weight excluding hydrogens is 208 g/mol. The van der Waals surface area contributed by atoms with Crippen molar-refractivity contribution in [3.63, 3.8) is 0 Å². The van der Waals surface area contributed by atoms with Crippen LogP contribution in [0.4, 0.5) is 0 Å². The lowest BCUT2D eigenvalue weighted by Gasteiger charge is -2.52. The zero-order valence-electron chi connectivity index (χ0n) is 12.1. The smallest absolute Gasteiger partial charge is 0.0329 e. The zero-order valence-corrected chi connectivity index (χ0v) is 12.1. The van der Waals surface area contributed by atoms with E-state index in [9.17, 15) is 0 Å². The average molecular weight is 238 g/mol. The lowest BCUT2D eigenvalue weighted by molar-refractivity contribution is -0.0112. The van der Waals surface area contributed by atoms with Crippen LogP contribution in [-0.2, 0) is 0 Å². The van der Waals surface area contributed by atoms with Crippen molar-refractivity contribution in [1.82, 2.24) is 10.2 Å². The Morgan fingerprint density at radius 2 is 1.88 bits per heavy atom. The molecule has 0 spiro atoms. The van der Waals surface area contributed by atoms with Crippen LogP contribution < -0.4 is 5.32 Å². The van der Waals surface area contributed by atoms with Crippen molar-refractivity contribution in [1.29, 1.82) is 0 Å². The van der Waals surface area contributed by atoms with Gasteiger partial charge in [0.15, 0.2) is 0 Å². The zero-order chi connectivity index (χ0) is 12.5. The Morgan fingerprint density at radius 3 is 2.35 bits per heavy atom. The fraction of sp³-hybridized carbons (Fsp3) is 1.00. The van der Waals surface area contributed by atoms with Crippen LogP contribution in [0.15, 0.2) is 0 Å². The summed E-state index contributed by atoms with van der Waals surface area (Å²) in [5.41, 5.74) is 0.336. The molecule has 1 N–H and O–H groups in total. The second kappa shape index (κ2) is 5.27. The second-order valence-corrected chi connectivity index (χ2v) is 6.52. The lowest BCUT2D eigenvalue weighted by atomic mass is 9.75. The molecule has 1 heterocycles. The Balaban J connectivity index is 2.09. The van der Waals surface area contributed by atoms with Crippen LogP contribution in [0.1, 0.15) is 52.9 Å². The van der Waals surface area contributed by atoms with E-state index in [2.05, 4.69) is 38.0 Å². The molecule has 2 nitrogen and oxygen atoms in total. The first-order chi connectivity index (χ1) is 8.10. The maximum Gasteiger partial charge on any atom is 0.0329 e. The van der Waals surface area contributed by atoms with Crippen molar-refractivity contribution in [2.75, 3.05) is 20.1 Å². The molecule has 4 atom stereocenters. The van der Waals surface area contributed by atoms with Crippen molar-refractivity contribution in [2.24, 2.45) is 11.8 Å². The van der Waals surface area contributed by atoms with Crippen molar-refractivity contribution < 1.29 is 0 Å². The monoisotopic (exact) mass is 238 g/mol. The molecule has 0 amide bonds. The average Bonchev–Trinajstić information content (AvgIpc) is 2.36. The fourth-order valence-corrected chi connectivity index (χ4v) is 3.96. The van der Waals surface area contributed by atoms with E-state index in [0.29, 0.717) is 11.6 Å². The van der Waals surface area contributed by atoms with Crippen LogP contribution in [0.25, 0.3) is 0 Å². The summed E-state index contributed by atoms with van der Waals surface area (Å²) in [6, 6.07) is 0.575. The molecule has 0 aromatic carbocycles. The topological polar surface area (TPSA) is 15.3 Å². The van der Waals surface area contributed by atoms with Gasteiger partial charge in [-0.05, 0) is 58.4 Å². The summed E-state index contributed by atoms with van der Waals surface area (Å²) in [7, 11) is 2.10. The van der Waals surface area contributed by atoms with Gasteiger partial charge in [-0.1, -0.05) is 13.3 Å². The number of piperidine rings is 1. The summed E-state index contributed by atoms with van der Waals surface area (Å²) < 4.78 is 0. The molecule has 0 aromatic rings. The first-order valence-electron chi connectivity index (χ1n) is 7.52. The quantitative estimate of drug-likeness (QED) is 0.810. The molecule has 4 unspecified atom stereocenters. The summed E-state index contributed by atoms with van der Waals surface area (Å²) in [5.74, 6) is 1.97. The van der Waals surface area contributed by atoms with E-state index in [1.807, 2.05) is 0 Å². The van der Waals surface area contributed by atoms with Gasteiger partial charge in [-0.3, -0.25) is 4.90 Å². The summed E-state index contributed by atoms with van der Waals surface area (Å²) >= 11 is 0. The normalized spacial score (nSPS) is 35.3. The fourth-order valence-electron chi connectivity index (χ4n) is 3.96. The van der Waals surface area contributed by atoms with E-state index in [4.69, 9.17) is 0 Å². The van der Waals surface area contributed by atoms with E-state index in [-0.39, 0.29) is 0 Å². The molecule has 2 aliphatic rings. The Bertz CT molecular complexity index is 241. The third kappa shape index (κ3) is 2.53. The second-order valence-electron chi connectivity index (χ2n) is 6.52. The molecule has 1 saturated carbocycles. The lowest BCUT2D eigenvalue weighted by Crippen LogP contribution is -2.61. The van der Waals surface area contributed by atoms with E-state index in [1.165, 1.54) is 45.2 Å². The molecule has 2 rings (SSSR count). The van der Waals surface area contributed by atoms with E-state index in [1.54, 1.807) is 0 Å². The Kier molecular flexibility index (Phi) is 4.14. The van der Waals surface area contributed by atoms with Gasteiger partial charge in [0.05, 0.1) is 0 Å². The molecular formula is C15H30N2. The maximum atomic E-state index is 3.48. The van der Waals surface area contributed by atoms with Crippen LogP contribution in [0.3, 0.4) is 0 Å². The van der Waals surface area contributed by atoms with Gasteiger partial charge in [-0.2, -0.15) is 0 Å². The Morgan fingerprint density at radius 1 is 1.29 bits per heavy atom. The van der Waals surface area contributed by atoms with Gasteiger partial charge in [0.1, 0.15) is 0 Å². The van der Waals surface area contributed by atoms with Crippen molar-refractivity contribution in [2.45, 2.75) is 64.5 Å². The largest absolute Gasteiger partial charge is 0.315 e. The third-order valence-electron chi connectivity index (χ3n) is 5.65. The highest BCUT2D eigenvalue weighted by atomic mass is 15.2. The van der Waals surface area contributed by atoms with E-state index in [0.717, 1.165) is 11.8 Å². The highest BCUT2D eigenvalue weighted by molar-refractivity contribution is 4.97. The number of nitrogens with one attached hydrogen (secondary N) is 1. The summed E-state index contributed by atoms with van der Waals surface area (Å²) in [6.45, 7) is 9.82. The highest BCUT2D eigenvalue weighted by Gasteiger charge is 2.41. The third-order valence-corrected chi connectivity index (χ3v) is 5.65. The first-order valence-corrected chi connectivity index (χ1v) is 7.52. The standard InChI is InChI=1S/C15H30N2/c1-5-15(3,12(2)16-4)17-10-13-7-6-8-14(9-13)11-17/h12-14,16H,5-11H2,1-4H3. The number of fused-ring (bicyclic) bond motifs is 2. The van der Waals surface area contributed by atoms with Gasteiger partial charge in [-0.25, -0.2) is 0 Å². The first kappa shape index (κ1) is 13.4. The maximum absolute atomic E-state index is 3.48. The number of hydrogen-bond acceptors (Lipinski definition) is 2. The summed E-state index contributed by atoms with van der Waals surface area (Å²) in [4.78, 5) is 2.80. The van der Waals surface area contributed by atoms with Gasteiger partial charge in [0, 0.05) is 24.7 Å². The molecule has 1 aliphatic heterocycles. The van der Waals surface area contributed by atoms with Crippen LogP contribution >= 0.6 is 0 Å². The van der Waals surface area contributed by atoms with Crippen LogP contribution in [0.2, 0.25) is 0 Å². The van der Waals surface area contributed by atoms with Gasteiger partial charge in [-0.15, -0.1) is 0 Å². The SMILES string of the molecule is CCC(C)(C(C)NC)N1CC2CCCC(C2)C1. The molecule has 2 fully saturated rings. The number of likely N-dealkylation sites (tertiary alicyclic amines) is 1. The minimum absolute atomic E-state index is 0.336. The molecule has 1 aliphatic carbocycles. The molecule has 100 valence electrons. The number of likely N-dealkylation sites (N-methyl/N-ethyl adjacent to an activating group) is 1. The number of rotatable bonds is 4. The van der Waals surface area contributed by atoms with Crippen LogP contribution in [0, 0.1) is 11.8 Å². The molecule has 1 saturated heterocycles. The van der Waals surface area contributed by atoms with Crippen molar-refractivity contribution in [3.05, 3.63) is 0 Å².